The van der Waals surface area contributed by atoms with Gasteiger partial charge in [-0.25, -0.2) is 4.79 Å². The van der Waals surface area contributed by atoms with E-state index >= 15 is 0 Å². The normalized spacial score (nSPS) is 18.3. The van der Waals surface area contributed by atoms with Gasteiger partial charge in [-0.05, 0) is 35.1 Å². The number of carbonyl (C=O) groups excluding carboxylic acids is 2. The summed E-state index contributed by atoms with van der Waals surface area (Å²) in [7, 11) is 1.33. The minimum atomic E-state index is -0.422. The predicted octanol–water partition coefficient (Wildman–Crippen LogP) is 2.88. The van der Waals surface area contributed by atoms with Crippen molar-refractivity contribution in [3.8, 4) is 0 Å². The molecule has 1 aromatic rings. The van der Waals surface area contributed by atoms with Crippen molar-refractivity contribution in [1.82, 2.24) is 0 Å². The molecule has 0 aliphatic heterocycles. The second kappa shape index (κ2) is 5.65. The number of hydrogen-bond acceptors (Lipinski definition) is 3. The van der Waals surface area contributed by atoms with Crippen LogP contribution in [0.5, 0.6) is 0 Å². The molecule has 2 rings (SSSR count). The van der Waals surface area contributed by atoms with E-state index in [9.17, 15) is 9.59 Å². The monoisotopic (exact) mass is 256 g/mol. The van der Waals surface area contributed by atoms with Crippen molar-refractivity contribution < 1.29 is 14.3 Å². The van der Waals surface area contributed by atoms with Gasteiger partial charge in [-0.1, -0.05) is 31.2 Å². The van der Waals surface area contributed by atoms with Crippen molar-refractivity contribution >= 4 is 17.8 Å². The van der Waals surface area contributed by atoms with Crippen molar-refractivity contribution in [2.75, 3.05) is 7.11 Å². The maximum Gasteiger partial charge on any atom is 0.330 e. The van der Waals surface area contributed by atoms with Gasteiger partial charge in [0.1, 0.15) is 6.29 Å². The van der Waals surface area contributed by atoms with Crippen molar-refractivity contribution in [1.29, 1.82) is 0 Å². The largest absolute Gasteiger partial charge is 0.466 e. The van der Waals surface area contributed by atoms with Crippen LogP contribution in [0.15, 0.2) is 42.0 Å². The summed E-state index contributed by atoms with van der Waals surface area (Å²) in [4.78, 5) is 22.4. The van der Waals surface area contributed by atoms with Crippen LogP contribution in [0, 0.1) is 0 Å². The van der Waals surface area contributed by atoms with Gasteiger partial charge in [0.15, 0.2) is 0 Å². The summed E-state index contributed by atoms with van der Waals surface area (Å²) in [5, 5.41) is 0. The van der Waals surface area contributed by atoms with Gasteiger partial charge in [0.25, 0.3) is 0 Å². The van der Waals surface area contributed by atoms with Gasteiger partial charge in [-0.3, -0.25) is 4.79 Å². The van der Waals surface area contributed by atoms with Crippen LogP contribution in [0.25, 0.3) is 5.57 Å². The fourth-order valence-corrected chi connectivity index (χ4v) is 2.42. The second-order valence-corrected chi connectivity index (χ2v) is 4.61. The first-order valence-corrected chi connectivity index (χ1v) is 6.21. The standard InChI is InChI=1S/C16H16O3/c1-11-9-12(10-17)14(7-8-16(18)19-2)15-6-4-3-5-13(11)15/h3-8,10-11H,9H2,1-2H3/b8-7+. The molecule has 0 spiro atoms. The molecule has 0 aromatic heterocycles. The van der Waals surface area contributed by atoms with Crippen molar-refractivity contribution in [3.63, 3.8) is 0 Å². The number of allylic oxidation sites excluding steroid dienone is 3. The number of rotatable bonds is 3. The van der Waals surface area contributed by atoms with Crippen molar-refractivity contribution in [2.45, 2.75) is 19.3 Å². The van der Waals surface area contributed by atoms with Crippen LogP contribution < -0.4 is 0 Å². The Labute approximate surface area is 112 Å². The highest BCUT2D eigenvalue weighted by Gasteiger charge is 2.22. The van der Waals surface area contributed by atoms with E-state index in [4.69, 9.17) is 0 Å². The molecule has 0 fully saturated rings. The third-order valence-electron chi connectivity index (χ3n) is 3.38. The molecule has 3 heteroatoms. The minimum absolute atomic E-state index is 0.312. The Morgan fingerprint density at radius 3 is 2.79 bits per heavy atom. The van der Waals surface area contributed by atoms with E-state index in [1.165, 1.54) is 18.7 Å². The lowest BCUT2D eigenvalue weighted by Crippen LogP contribution is -2.09. The van der Waals surface area contributed by atoms with E-state index in [-0.39, 0.29) is 0 Å². The summed E-state index contributed by atoms with van der Waals surface area (Å²) >= 11 is 0. The maximum absolute atomic E-state index is 11.2. The Bertz CT molecular complexity index is 567. The minimum Gasteiger partial charge on any atom is -0.466 e. The molecule has 1 unspecified atom stereocenters. The second-order valence-electron chi connectivity index (χ2n) is 4.61. The Morgan fingerprint density at radius 2 is 2.11 bits per heavy atom. The molecule has 1 aliphatic rings. The summed E-state index contributed by atoms with van der Waals surface area (Å²) in [6.45, 7) is 2.10. The molecule has 0 radical (unpaired) electrons. The van der Waals surface area contributed by atoms with E-state index in [0.29, 0.717) is 12.3 Å². The average molecular weight is 256 g/mol. The molecule has 1 atom stereocenters. The van der Waals surface area contributed by atoms with Crippen LogP contribution in [-0.2, 0) is 14.3 Å². The molecule has 0 saturated heterocycles. The van der Waals surface area contributed by atoms with Crippen molar-refractivity contribution in [2.24, 2.45) is 0 Å². The van der Waals surface area contributed by atoms with Gasteiger partial charge >= 0.3 is 5.97 Å². The van der Waals surface area contributed by atoms with E-state index in [2.05, 4.69) is 17.7 Å². The van der Waals surface area contributed by atoms with E-state index in [1.54, 1.807) is 6.08 Å². The zero-order valence-electron chi connectivity index (χ0n) is 11.1. The number of methoxy groups -OCH3 is 1. The van der Waals surface area contributed by atoms with E-state index < -0.39 is 5.97 Å². The highest BCUT2D eigenvalue weighted by atomic mass is 16.5. The highest BCUT2D eigenvalue weighted by molar-refractivity contribution is 5.96. The molecule has 1 aliphatic carbocycles. The fourth-order valence-electron chi connectivity index (χ4n) is 2.42. The zero-order chi connectivity index (χ0) is 13.8. The molecule has 1 aromatic carbocycles. The Balaban J connectivity index is 2.50. The molecule has 0 N–H and O–H groups in total. The zero-order valence-corrected chi connectivity index (χ0v) is 11.1. The van der Waals surface area contributed by atoms with Gasteiger partial charge in [0, 0.05) is 11.6 Å². The fraction of sp³-hybridized carbons (Fsp3) is 0.250. The van der Waals surface area contributed by atoms with Crippen molar-refractivity contribution in [3.05, 3.63) is 53.1 Å². The molecule has 0 heterocycles. The number of aldehydes is 1. The molecule has 0 amide bonds. The number of benzene rings is 1. The molecular weight excluding hydrogens is 240 g/mol. The molecule has 98 valence electrons. The first-order chi connectivity index (χ1) is 9.17. The smallest absolute Gasteiger partial charge is 0.330 e. The van der Waals surface area contributed by atoms with Crippen LogP contribution in [0.3, 0.4) is 0 Å². The summed E-state index contributed by atoms with van der Waals surface area (Å²) in [6.07, 6.45) is 4.59. The molecule has 19 heavy (non-hydrogen) atoms. The Morgan fingerprint density at radius 1 is 1.37 bits per heavy atom. The molecular formula is C16H16O3. The Kier molecular flexibility index (Phi) is 3.95. The van der Waals surface area contributed by atoms with Gasteiger partial charge < -0.3 is 4.74 Å². The summed E-state index contributed by atoms with van der Waals surface area (Å²) in [6, 6.07) is 7.97. The number of hydrogen-bond donors (Lipinski definition) is 0. The van der Waals surface area contributed by atoms with Crippen LogP contribution in [0.4, 0.5) is 0 Å². The highest BCUT2D eigenvalue weighted by Crippen LogP contribution is 2.38. The Hall–Kier alpha value is -2.16. The first kappa shape index (κ1) is 13.3. The quantitative estimate of drug-likeness (QED) is 0.474. The number of ether oxygens (including phenoxy) is 1. The third-order valence-corrected chi connectivity index (χ3v) is 3.38. The third kappa shape index (κ3) is 2.65. The van der Waals surface area contributed by atoms with Gasteiger partial charge in [-0.15, -0.1) is 0 Å². The van der Waals surface area contributed by atoms with Crippen LogP contribution in [0.1, 0.15) is 30.4 Å². The van der Waals surface area contributed by atoms with E-state index in [0.717, 1.165) is 23.0 Å². The van der Waals surface area contributed by atoms with Crippen LogP contribution in [0.2, 0.25) is 0 Å². The van der Waals surface area contributed by atoms with Gasteiger partial charge in [0.2, 0.25) is 0 Å². The van der Waals surface area contributed by atoms with Crippen LogP contribution >= 0.6 is 0 Å². The SMILES string of the molecule is COC(=O)/C=C/C1=C(C=O)CC(C)c2ccccc21. The summed E-state index contributed by atoms with van der Waals surface area (Å²) in [5.41, 5.74) is 3.77. The lowest BCUT2D eigenvalue weighted by Gasteiger charge is -2.24. The number of carbonyl (C=O) groups is 2. The lowest BCUT2D eigenvalue weighted by atomic mass is 9.80. The molecule has 0 bridgehead atoms. The van der Waals surface area contributed by atoms with Crippen LogP contribution in [-0.4, -0.2) is 19.4 Å². The van der Waals surface area contributed by atoms with Gasteiger partial charge in [0.05, 0.1) is 7.11 Å². The first-order valence-electron chi connectivity index (χ1n) is 6.21. The molecule has 0 saturated carbocycles. The van der Waals surface area contributed by atoms with E-state index in [1.807, 2.05) is 18.2 Å². The topological polar surface area (TPSA) is 43.4 Å². The maximum atomic E-state index is 11.2. The predicted molar refractivity (Wildman–Crippen MR) is 73.6 cm³/mol. The van der Waals surface area contributed by atoms with Gasteiger partial charge in [-0.2, -0.15) is 0 Å². The average Bonchev–Trinajstić information content (AvgIpc) is 2.45. The summed E-state index contributed by atoms with van der Waals surface area (Å²) in [5.74, 6) is -0.111. The number of fused-ring (bicyclic) bond motifs is 1. The molecule has 3 nitrogen and oxygen atoms in total. The lowest BCUT2D eigenvalue weighted by molar-refractivity contribution is -0.134. The summed E-state index contributed by atoms with van der Waals surface area (Å²) < 4.78 is 4.58. The number of esters is 1.